The van der Waals surface area contributed by atoms with Crippen LogP contribution in [0.2, 0.25) is 0 Å². The number of nitrogens with zero attached hydrogens (tertiary/aromatic N) is 4. The zero-order valence-corrected chi connectivity index (χ0v) is 10.8. The van der Waals surface area contributed by atoms with Gasteiger partial charge in [-0.15, -0.1) is 10.2 Å². The molecule has 0 amide bonds. The molecule has 18 heavy (non-hydrogen) atoms. The van der Waals surface area contributed by atoms with E-state index in [4.69, 9.17) is 0 Å². The van der Waals surface area contributed by atoms with Crippen LogP contribution in [0.15, 0.2) is 52.3 Å². The largest absolute Gasteiger partial charge is 0.203 e. The summed E-state index contributed by atoms with van der Waals surface area (Å²) in [5, 5.41) is 18.4. The molecule has 0 saturated carbocycles. The predicted octanol–water partition coefficient (Wildman–Crippen LogP) is 4.07. The van der Waals surface area contributed by atoms with Crippen molar-refractivity contribution >= 4 is 16.6 Å². The summed E-state index contributed by atoms with van der Waals surface area (Å²) in [5.41, 5.74) is 1.23. The smallest absolute Gasteiger partial charge is 0.180 e. The number of hydrogen-bond donors (Lipinski definition) is 0. The second-order valence-electron chi connectivity index (χ2n) is 4.46. The Morgan fingerprint density at radius 1 is 1.28 bits per heavy atom. The quantitative estimate of drug-likeness (QED) is 0.599. The van der Waals surface area contributed by atoms with E-state index in [2.05, 4.69) is 26.5 Å². The zero-order valence-electron chi connectivity index (χ0n) is 10.8. The Morgan fingerprint density at radius 2 is 2.06 bits per heavy atom. The van der Waals surface area contributed by atoms with Gasteiger partial charge < -0.3 is 0 Å². The van der Waals surface area contributed by atoms with Crippen LogP contribution >= 0.6 is 0 Å². The van der Waals surface area contributed by atoms with Gasteiger partial charge in [0.2, 0.25) is 5.82 Å². The summed E-state index contributed by atoms with van der Waals surface area (Å²) in [7, 11) is 0. The summed E-state index contributed by atoms with van der Waals surface area (Å²) >= 11 is 0. The fraction of sp³-hybridized carbons (Fsp3) is 0.286. The van der Waals surface area contributed by atoms with E-state index in [1.807, 2.05) is 45.0 Å². The summed E-state index contributed by atoms with van der Waals surface area (Å²) in [5.74, 6) is 0.571. The summed E-state index contributed by atoms with van der Waals surface area (Å²) in [6, 6.07) is 7.95. The van der Waals surface area contributed by atoms with Crippen LogP contribution in [0.4, 0.5) is 5.82 Å². The minimum absolute atomic E-state index is 0.0516. The first-order valence-corrected chi connectivity index (χ1v) is 5.93. The van der Waals surface area contributed by atoms with Gasteiger partial charge in [-0.3, -0.25) is 0 Å². The molecule has 0 radical (unpaired) electrons. The van der Waals surface area contributed by atoms with E-state index in [1.165, 1.54) is 5.57 Å². The van der Waals surface area contributed by atoms with Crippen molar-refractivity contribution in [2.75, 3.05) is 0 Å². The number of benzene rings is 1. The van der Waals surface area contributed by atoms with Crippen LogP contribution < -0.4 is 0 Å². The average molecular weight is 240 g/mol. The normalized spacial score (nSPS) is 12.8. The molecule has 4 heteroatoms. The Balaban J connectivity index is 2.32. The number of hydrogen-bond acceptors (Lipinski definition) is 4. The zero-order chi connectivity index (χ0) is 13.0. The van der Waals surface area contributed by atoms with Crippen molar-refractivity contribution in [3.05, 3.63) is 42.1 Å². The molecule has 4 nitrogen and oxygen atoms in total. The van der Waals surface area contributed by atoms with Gasteiger partial charge in [-0.25, -0.2) is 0 Å². The Labute approximate surface area is 106 Å². The molecule has 2 rings (SSSR count). The highest BCUT2D eigenvalue weighted by Crippen LogP contribution is 2.22. The molecule has 0 N–H and O–H groups in total. The fourth-order valence-electron chi connectivity index (χ4n) is 1.75. The van der Waals surface area contributed by atoms with Gasteiger partial charge in [-0.2, -0.15) is 10.2 Å². The fourth-order valence-corrected chi connectivity index (χ4v) is 1.75. The van der Waals surface area contributed by atoms with Gasteiger partial charge >= 0.3 is 0 Å². The summed E-state index contributed by atoms with van der Waals surface area (Å²) < 4.78 is 0. The van der Waals surface area contributed by atoms with E-state index in [0.29, 0.717) is 5.82 Å². The Morgan fingerprint density at radius 3 is 2.83 bits per heavy atom. The monoisotopic (exact) mass is 240 g/mol. The van der Waals surface area contributed by atoms with Gasteiger partial charge in [-0.1, -0.05) is 35.9 Å². The van der Waals surface area contributed by atoms with Crippen molar-refractivity contribution in [2.45, 2.75) is 26.8 Å². The van der Waals surface area contributed by atoms with Crippen LogP contribution in [0.5, 0.6) is 0 Å². The lowest BCUT2D eigenvalue weighted by atomic mass is 10.2. The molecular formula is C14H16N4. The molecule has 1 atom stereocenters. The second kappa shape index (κ2) is 5.49. The maximum absolute atomic E-state index is 4.23. The van der Waals surface area contributed by atoms with Gasteiger partial charge in [0.25, 0.3) is 0 Å². The molecule has 0 aliphatic rings. The molecule has 1 aromatic heterocycles. The molecule has 1 aromatic carbocycles. The molecule has 0 saturated heterocycles. The van der Waals surface area contributed by atoms with Gasteiger partial charge in [0.1, 0.15) is 0 Å². The minimum atomic E-state index is 0.0516. The van der Waals surface area contributed by atoms with Crippen molar-refractivity contribution in [1.82, 2.24) is 10.2 Å². The number of azo groups is 1. The van der Waals surface area contributed by atoms with Gasteiger partial charge in [0, 0.05) is 10.8 Å². The lowest BCUT2D eigenvalue weighted by Gasteiger charge is -2.00. The van der Waals surface area contributed by atoms with Crippen LogP contribution in [0.1, 0.15) is 20.8 Å². The molecule has 0 aliphatic carbocycles. The van der Waals surface area contributed by atoms with E-state index < -0.39 is 0 Å². The summed E-state index contributed by atoms with van der Waals surface area (Å²) in [6.45, 7) is 6.09. The third kappa shape index (κ3) is 2.97. The number of allylic oxidation sites excluding steroid dienone is 1. The molecular weight excluding hydrogens is 224 g/mol. The average Bonchev–Trinajstić information content (AvgIpc) is 2.35. The maximum Gasteiger partial charge on any atom is 0.203 e. The van der Waals surface area contributed by atoms with E-state index >= 15 is 0 Å². The Kier molecular flexibility index (Phi) is 3.77. The van der Waals surface area contributed by atoms with Crippen molar-refractivity contribution < 1.29 is 0 Å². The van der Waals surface area contributed by atoms with Crippen molar-refractivity contribution in [3.8, 4) is 0 Å². The lowest BCUT2D eigenvalue weighted by molar-refractivity contribution is 0.834. The molecule has 1 unspecified atom stereocenters. The molecule has 1 heterocycles. The summed E-state index contributed by atoms with van der Waals surface area (Å²) in [6.07, 6.45) is 3.79. The van der Waals surface area contributed by atoms with Crippen molar-refractivity contribution in [2.24, 2.45) is 10.2 Å². The van der Waals surface area contributed by atoms with Crippen LogP contribution in [0.3, 0.4) is 0 Å². The molecule has 0 aliphatic heterocycles. The van der Waals surface area contributed by atoms with Crippen LogP contribution in [-0.2, 0) is 0 Å². The maximum atomic E-state index is 4.23. The first kappa shape index (κ1) is 12.4. The Bertz CT molecular complexity index is 592. The molecule has 92 valence electrons. The van der Waals surface area contributed by atoms with Gasteiger partial charge in [-0.05, 0) is 20.8 Å². The lowest BCUT2D eigenvalue weighted by Crippen LogP contribution is -1.91. The highest BCUT2D eigenvalue weighted by Gasteiger charge is 2.01. The molecule has 0 spiro atoms. The minimum Gasteiger partial charge on any atom is -0.180 e. The number of aromatic nitrogens is 2. The molecule has 2 aromatic rings. The first-order valence-electron chi connectivity index (χ1n) is 5.93. The van der Waals surface area contributed by atoms with Crippen LogP contribution in [0.25, 0.3) is 10.8 Å². The van der Waals surface area contributed by atoms with E-state index in [0.717, 1.165) is 10.8 Å². The topological polar surface area (TPSA) is 50.5 Å². The number of fused-ring (bicyclic) bond motifs is 1. The third-order valence-electron chi connectivity index (χ3n) is 2.46. The number of rotatable bonds is 3. The van der Waals surface area contributed by atoms with Gasteiger partial charge in [0.15, 0.2) is 0 Å². The van der Waals surface area contributed by atoms with Crippen molar-refractivity contribution in [1.29, 1.82) is 0 Å². The standard InChI is InChI=1S/C14H16N4/c1-10(2)8-11(3)16-18-14-13-7-5-4-6-12(13)9-15-17-14/h4-9,11H,1-3H3. The van der Waals surface area contributed by atoms with E-state index in [9.17, 15) is 0 Å². The summed E-state index contributed by atoms with van der Waals surface area (Å²) in [4.78, 5) is 0. The highest BCUT2D eigenvalue weighted by atomic mass is 15.2. The second-order valence-corrected chi connectivity index (χ2v) is 4.46. The van der Waals surface area contributed by atoms with Crippen LogP contribution in [0, 0.1) is 0 Å². The first-order chi connectivity index (χ1) is 8.66. The van der Waals surface area contributed by atoms with Crippen molar-refractivity contribution in [3.63, 3.8) is 0 Å². The molecule has 0 bridgehead atoms. The predicted molar refractivity (Wildman–Crippen MR) is 72.9 cm³/mol. The van der Waals surface area contributed by atoms with Gasteiger partial charge in [0.05, 0.1) is 12.2 Å². The third-order valence-corrected chi connectivity index (χ3v) is 2.46. The molecule has 0 fully saturated rings. The highest BCUT2D eigenvalue weighted by molar-refractivity contribution is 5.89. The SMILES string of the molecule is CC(C)=CC(C)N=Nc1nncc2ccccc12. The van der Waals surface area contributed by atoms with E-state index in [1.54, 1.807) is 6.20 Å². The van der Waals surface area contributed by atoms with E-state index in [-0.39, 0.29) is 6.04 Å². The van der Waals surface area contributed by atoms with Crippen LogP contribution in [-0.4, -0.2) is 16.2 Å². The Hall–Kier alpha value is -2.10.